The van der Waals surface area contributed by atoms with Gasteiger partial charge in [-0.3, -0.25) is 4.57 Å². The van der Waals surface area contributed by atoms with E-state index < -0.39 is 29.8 Å². The average Bonchev–Trinajstić information content (AvgIpc) is 3.60. The third kappa shape index (κ3) is 7.38. The van der Waals surface area contributed by atoms with Crippen molar-refractivity contribution in [3.05, 3.63) is 119 Å². The lowest BCUT2D eigenvalue weighted by Crippen LogP contribution is -2.42. The van der Waals surface area contributed by atoms with Crippen LogP contribution in [0.25, 0.3) is 22.0 Å². The van der Waals surface area contributed by atoms with Gasteiger partial charge < -0.3 is 29.4 Å². The van der Waals surface area contributed by atoms with E-state index in [0.29, 0.717) is 22.2 Å². The molecular weight excluding hydrogens is 624 g/mol. The molecular formula is C39H38N2O8. The predicted molar refractivity (Wildman–Crippen MR) is 184 cm³/mol. The second kappa shape index (κ2) is 13.8. The second-order valence-electron chi connectivity index (χ2n) is 12.9. The number of ether oxygens (including phenoxy) is 4. The predicted octanol–water partition coefficient (Wildman–Crippen LogP) is 7.55. The van der Waals surface area contributed by atoms with Gasteiger partial charge in [0.2, 0.25) is 0 Å². The Kier molecular flexibility index (Phi) is 9.31. The lowest BCUT2D eigenvalue weighted by Gasteiger charge is -2.19. The Labute approximate surface area is 284 Å². The maximum absolute atomic E-state index is 13.2. The number of rotatable bonds is 10. The van der Waals surface area contributed by atoms with Gasteiger partial charge in [0.15, 0.2) is 0 Å². The third-order valence-corrected chi connectivity index (χ3v) is 8.37. The molecule has 1 atom stereocenters. The minimum absolute atomic E-state index is 0.0407. The number of carboxylic acid groups (broad SMARTS) is 1. The largest absolute Gasteiger partial charge is 0.497 e. The number of methoxy groups -OCH3 is 1. The summed E-state index contributed by atoms with van der Waals surface area (Å²) in [5, 5.41) is 13.3. The van der Waals surface area contributed by atoms with E-state index in [0.717, 1.165) is 33.6 Å². The molecule has 5 aromatic rings. The summed E-state index contributed by atoms with van der Waals surface area (Å²) in [5.74, 6) is -0.177. The number of hydrogen-bond donors (Lipinski definition) is 2. The molecule has 1 aromatic heterocycles. The van der Waals surface area contributed by atoms with E-state index >= 15 is 0 Å². The fourth-order valence-corrected chi connectivity index (χ4v) is 6.08. The van der Waals surface area contributed by atoms with E-state index in [1.165, 1.54) is 4.57 Å². The summed E-state index contributed by atoms with van der Waals surface area (Å²) < 4.78 is 23.9. The van der Waals surface area contributed by atoms with Gasteiger partial charge in [-0.1, -0.05) is 60.7 Å². The van der Waals surface area contributed by atoms with Gasteiger partial charge in [-0.25, -0.2) is 14.4 Å². The molecule has 0 radical (unpaired) electrons. The van der Waals surface area contributed by atoms with Crippen molar-refractivity contribution >= 4 is 29.1 Å². The van der Waals surface area contributed by atoms with Gasteiger partial charge in [0.05, 0.1) is 12.6 Å². The van der Waals surface area contributed by atoms with Crippen LogP contribution in [0.2, 0.25) is 0 Å². The van der Waals surface area contributed by atoms with Crippen LogP contribution < -0.4 is 14.8 Å². The highest BCUT2D eigenvalue weighted by Crippen LogP contribution is 2.44. The number of hydrogen-bond acceptors (Lipinski definition) is 7. The molecule has 0 saturated heterocycles. The van der Waals surface area contributed by atoms with Crippen LogP contribution in [-0.2, 0) is 27.3 Å². The molecule has 2 N–H and O–H groups in total. The first-order valence-corrected chi connectivity index (χ1v) is 16.0. The van der Waals surface area contributed by atoms with Gasteiger partial charge in [-0.05, 0) is 84.5 Å². The summed E-state index contributed by atoms with van der Waals surface area (Å²) in [7, 11) is 1.60. The first kappa shape index (κ1) is 33.1. The lowest BCUT2D eigenvalue weighted by atomic mass is 9.98. The standard InChI is InChI=1S/C39H38N2O8/c1-39(2,3)49-38(45)41-21-25(32-20-27(17-18-35(32)41)47-22-24-13-15-26(46-4)16-14-24)19-34(36(42)43)40-37(44)48-23-33-30-11-7-5-9-28(30)29-10-6-8-12-31(29)33/h5-18,20-21,33-34H,19,22-23H2,1-4H3,(H,40,44)(H,42,43). The van der Waals surface area contributed by atoms with Crippen molar-refractivity contribution in [2.24, 2.45) is 0 Å². The minimum Gasteiger partial charge on any atom is -0.497 e. The number of alkyl carbamates (subject to hydrolysis) is 1. The van der Waals surface area contributed by atoms with Crippen LogP contribution in [0, 0.1) is 0 Å². The van der Waals surface area contributed by atoms with Crippen molar-refractivity contribution in [2.45, 2.75) is 51.4 Å². The molecule has 0 aliphatic heterocycles. The highest BCUT2D eigenvalue weighted by molar-refractivity contribution is 5.93. The topological polar surface area (TPSA) is 125 Å². The molecule has 252 valence electrons. The van der Waals surface area contributed by atoms with Crippen molar-refractivity contribution in [2.75, 3.05) is 13.7 Å². The number of nitrogens with one attached hydrogen (secondary N) is 1. The van der Waals surface area contributed by atoms with Gasteiger partial charge in [-0.15, -0.1) is 0 Å². The molecule has 10 nitrogen and oxygen atoms in total. The van der Waals surface area contributed by atoms with Crippen LogP contribution in [-0.4, -0.2) is 53.2 Å². The molecule has 0 fully saturated rings. The fourth-order valence-electron chi connectivity index (χ4n) is 6.08. The van der Waals surface area contributed by atoms with Crippen molar-refractivity contribution in [3.8, 4) is 22.6 Å². The molecule has 49 heavy (non-hydrogen) atoms. The Hall–Kier alpha value is -5.77. The van der Waals surface area contributed by atoms with E-state index in [4.69, 9.17) is 18.9 Å². The molecule has 1 unspecified atom stereocenters. The molecule has 1 aliphatic rings. The lowest BCUT2D eigenvalue weighted by molar-refractivity contribution is -0.139. The van der Waals surface area contributed by atoms with E-state index in [2.05, 4.69) is 5.32 Å². The second-order valence-corrected chi connectivity index (χ2v) is 12.9. The van der Waals surface area contributed by atoms with Crippen LogP contribution in [0.5, 0.6) is 11.5 Å². The van der Waals surface area contributed by atoms with Crippen LogP contribution in [0.1, 0.15) is 48.9 Å². The smallest absolute Gasteiger partial charge is 0.419 e. The summed E-state index contributed by atoms with van der Waals surface area (Å²) in [4.78, 5) is 38.7. The SMILES string of the molecule is COc1ccc(COc2ccc3c(c2)c(CC(NC(=O)OCC2c4ccccc4-c4ccccc42)C(=O)O)cn3C(=O)OC(C)(C)C)cc1. The first-order chi connectivity index (χ1) is 23.5. The Balaban J connectivity index is 1.21. The third-order valence-electron chi connectivity index (χ3n) is 8.37. The van der Waals surface area contributed by atoms with Crippen molar-refractivity contribution in [1.82, 2.24) is 9.88 Å². The summed E-state index contributed by atoms with van der Waals surface area (Å²) in [5.41, 5.74) is 5.44. The van der Waals surface area contributed by atoms with Gasteiger partial charge in [0.1, 0.15) is 36.4 Å². The Bertz CT molecular complexity index is 1960. The van der Waals surface area contributed by atoms with Crippen LogP contribution >= 0.6 is 0 Å². The summed E-state index contributed by atoms with van der Waals surface area (Å²) in [6, 6.07) is 27.3. The molecule has 10 heteroatoms. The Morgan fingerprint density at radius 1 is 0.878 bits per heavy atom. The van der Waals surface area contributed by atoms with Gasteiger partial charge >= 0.3 is 18.2 Å². The summed E-state index contributed by atoms with van der Waals surface area (Å²) >= 11 is 0. The monoisotopic (exact) mass is 662 g/mol. The van der Waals surface area contributed by atoms with Crippen molar-refractivity contribution in [1.29, 1.82) is 0 Å². The molecule has 0 bridgehead atoms. The first-order valence-electron chi connectivity index (χ1n) is 16.0. The number of carboxylic acids is 1. The maximum Gasteiger partial charge on any atom is 0.419 e. The number of amides is 1. The Morgan fingerprint density at radius 2 is 1.51 bits per heavy atom. The zero-order valence-electron chi connectivity index (χ0n) is 27.8. The quantitative estimate of drug-likeness (QED) is 0.157. The number of nitrogens with zero attached hydrogens (tertiary/aromatic N) is 1. The average molecular weight is 663 g/mol. The minimum atomic E-state index is -1.35. The van der Waals surface area contributed by atoms with Gasteiger partial charge in [-0.2, -0.15) is 0 Å². The van der Waals surface area contributed by atoms with Crippen molar-refractivity contribution < 1.29 is 38.4 Å². The molecule has 0 spiro atoms. The molecule has 1 amide bonds. The zero-order chi connectivity index (χ0) is 34.7. The molecule has 4 aromatic carbocycles. The van der Waals surface area contributed by atoms with Crippen LogP contribution in [0.15, 0.2) is 97.2 Å². The maximum atomic E-state index is 13.2. The highest BCUT2D eigenvalue weighted by atomic mass is 16.6. The number of fused-ring (bicyclic) bond motifs is 4. The van der Waals surface area contributed by atoms with Crippen LogP contribution in [0.3, 0.4) is 0 Å². The van der Waals surface area contributed by atoms with E-state index in [9.17, 15) is 19.5 Å². The van der Waals surface area contributed by atoms with E-state index in [1.54, 1.807) is 52.3 Å². The van der Waals surface area contributed by atoms with Crippen molar-refractivity contribution in [3.63, 3.8) is 0 Å². The highest BCUT2D eigenvalue weighted by Gasteiger charge is 2.30. The van der Waals surface area contributed by atoms with E-state index in [-0.39, 0.29) is 25.6 Å². The molecule has 1 aliphatic carbocycles. The summed E-state index contributed by atoms with van der Waals surface area (Å²) in [6.07, 6.45) is -0.0598. The van der Waals surface area contributed by atoms with Gasteiger partial charge in [0, 0.05) is 23.9 Å². The van der Waals surface area contributed by atoms with E-state index in [1.807, 2.05) is 72.8 Å². The summed E-state index contributed by atoms with van der Waals surface area (Å²) in [6.45, 7) is 5.61. The Morgan fingerprint density at radius 3 is 2.12 bits per heavy atom. The van der Waals surface area contributed by atoms with Crippen LogP contribution in [0.4, 0.5) is 9.59 Å². The van der Waals surface area contributed by atoms with Gasteiger partial charge in [0.25, 0.3) is 0 Å². The zero-order valence-corrected chi connectivity index (χ0v) is 27.8. The number of benzene rings is 4. The fraction of sp³-hybridized carbons (Fsp3) is 0.256. The molecule has 0 saturated carbocycles. The number of carbonyl (C=O) groups excluding carboxylic acids is 2. The number of carbonyl (C=O) groups is 3. The number of aliphatic carboxylic acids is 1. The normalized spacial score (nSPS) is 12.9. The molecule has 6 rings (SSSR count). The molecule has 1 heterocycles. The number of aromatic nitrogens is 1.